The Kier molecular flexibility index (Phi) is 2.70. The van der Waals surface area contributed by atoms with Crippen LogP contribution in [-0.4, -0.2) is 9.36 Å². The van der Waals surface area contributed by atoms with Crippen molar-refractivity contribution in [2.24, 2.45) is 5.92 Å². The second kappa shape index (κ2) is 4.34. The van der Waals surface area contributed by atoms with E-state index in [-0.39, 0.29) is 0 Å². The summed E-state index contributed by atoms with van der Waals surface area (Å²) in [7, 11) is 0. The van der Waals surface area contributed by atoms with Crippen LogP contribution in [0.5, 0.6) is 0 Å². The fraction of sp³-hybridized carbons (Fsp3) is 0.385. The summed E-state index contributed by atoms with van der Waals surface area (Å²) in [5.74, 6) is 1.86. The molecule has 82 valence electrons. The molecule has 3 heteroatoms. The van der Waals surface area contributed by atoms with Crippen molar-refractivity contribution in [1.82, 2.24) is 9.36 Å². The molecule has 1 aromatic heterocycles. The van der Waals surface area contributed by atoms with Gasteiger partial charge in [0.2, 0.25) is 0 Å². The predicted molar refractivity (Wildman–Crippen MR) is 66.4 cm³/mol. The van der Waals surface area contributed by atoms with Gasteiger partial charge in [0, 0.05) is 12.0 Å². The van der Waals surface area contributed by atoms with Crippen LogP contribution in [0.25, 0.3) is 11.4 Å². The van der Waals surface area contributed by atoms with Crippen molar-refractivity contribution in [2.45, 2.75) is 25.7 Å². The zero-order chi connectivity index (χ0) is 10.8. The first-order chi connectivity index (χ1) is 7.92. The van der Waals surface area contributed by atoms with Crippen molar-refractivity contribution in [3.8, 4) is 11.4 Å². The highest BCUT2D eigenvalue weighted by atomic mass is 32.1. The van der Waals surface area contributed by atoms with Crippen LogP contribution in [0.15, 0.2) is 30.3 Å². The first-order valence-corrected chi connectivity index (χ1v) is 6.57. The third-order valence-corrected chi connectivity index (χ3v) is 3.73. The van der Waals surface area contributed by atoms with Crippen LogP contribution in [0.4, 0.5) is 0 Å². The predicted octanol–water partition coefficient (Wildman–Crippen LogP) is 3.55. The average molecular weight is 230 g/mol. The Labute approximate surface area is 99.5 Å². The summed E-state index contributed by atoms with van der Waals surface area (Å²) in [6.07, 6.45) is 5.24. The molecular weight excluding hydrogens is 216 g/mol. The Morgan fingerprint density at radius 3 is 2.75 bits per heavy atom. The number of aromatic nitrogens is 2. The maximum atomic E-state index is 4.59. The molecule has 0 aliphatic heterocycles. The van der Waals surface area contributed by atoms with E-state index in [0.29, 0.717) is 0 Å². The molecule has 0 atom stereocenters. The van der Waals surface area contributed by atoms with Gasteiger partial charge in [0.05, 0.1) is 0 Å². The Balaban J connectivity index is 1.71. The molecule has 1 fully saturated rings. The van der Waals surface area contributed by atoms with E-state index >= 15 is 0 Å². The van der Waals surface area contributed by atoms with Crippen molar-refractivity contribution in [1.29, 1.82) is 0 Å². The molecule has 0 saturated heterocycles. The molecule has 1 aromatic carbocycles. The number of benzene rings is 1. The summed E-state index contributed by atoms with van der Waals surface area (Å²) >= 11 is 1.55. The van der Waals surface area contributed by atoms with Gasteiger partial charge in [0.1, 0.15) is 5.01 Å². The zero-order valence-corrected chi connectivity index (χ0v) is 9.91. The fourth-order valence-electron chi connectivity index (χ4n) is 1.80. The molecule has 1 aliphatic rings. The standard InChI is InChI=1S/C13H14N2S/c1-2-4-11(5-3-1)13-14-12(16-15-13)9-8-10-6-7-10/h1-5,10H,6-9H2. The smallest absolute Gasteiger partial charge is 0.173 e. The van der Waals surface area contributed by atoms with Crippen LogP contribution in [0.2, 0.25) is 0 Å². The molecule has 3 rings (SSSR count). The average Bonchev–Trinajstić information content (AvgIpc) is 3.05. The largest absolute Gasteiger partial charge is 0.220 e. The minimum atomic E-state index is 0.886. The topological polar surface area (TPSA) is 25.8 Å². The van der Waals surface area contributed by atoms with Crippen molar-refractivity contribution in [3.63, 3.8) is 0 Å². The molecule has 1 saturated carbocycles. The lowest BCUT2D eigenvalue weighted by Crippen LogP contribution is -1.86. The molecule has 1 heterocycles. The Morgan fingerprint density at radius 2 is 2.00 bits per heavy atom. The molecule has 0 spiro atoms. The highest BCUT2D eigenvalue weighted by Crippen LogP contribution is 2.33. The number of aryl methyl sites for hydroxylation is 1. The molecule has 0 unspecified atom stereocenters. The Morgan fingerprint density at radius 1 is 1.19 bits per heavy atom. The normalized spacial score (nSPS) is 15.2. The van der Waals surface area contributed by atoms with Gasteiger partial charge in [0.25, 0.3) is 0 Å². The van der Waals surface area contributed by atoms with Crippen molar-refractivity contribution >= 4 is 11.5 Å². The van der Waals surface area contributed by atoms with E-state index in [1.54, 1.807) is 11.5 Å². The Bertz CT molecular complexity index is 460. The van der Waals surface area contributed by atoms with Crippen LogP contribution in [-0.2, 0) is 6.42 Å². The van der Waals surface area contributed by atoms with Crippen LogP contribution in [0.1, 0.15) is 24.3 Å². The monoisotopic (exact) mass is 230 g/mol. The second-order valence-corrected chi connectivity index (χ2v) is 5.20. The van der Waals surface area contributed by atoms with Gasteiger partial charge < -0.3 is 0 Å². The number of rotatable bonds is 4. The van der Waals surface area contributed by atoms with Crippen molar-refractivity contribution < 1.29 is 0 Å². The van der Waals surface area contributed by atoms with Gasteiger partial charge in [-0.05, 0) is 23.9 Å². The minimum absolute atomic E-state index is 0.886. The van der Waals surface area contributed by atoms with Gasteiger partial charge in [-0.2, -0.15) is 4.37 Å². The summed E-state index contributed by atoms with van der Waals surface area (Å²) in [6.45, 7) is 0. The zero-order valence-electron chi connectivity index (χ0n) is 9.10. The maximum absolute atomic E-state index is 4.59. The molecule has 16 heavy (non-hydrogen) atoms. The number of hydrogen-bond donors (Lipinski definition) is 0. The fourth-order valence-corrected chi connectivity index (χ4v) is 2.47. The molecule has 0 radical (unpaired) electrons. The third kappa shape index (κ3) is 2.30. The summed E-state index contributed by atoms with van der Waals surface area (Å²) in [5.41, 5.74) is 1.12. The molecule has 2 nitrogen and oxygen atoms in total. The van der Waals surface area contributed by atoms with E-state index in [1.165, 1.54) is 24.3 Å². The van der Waals surface area contributed by atoms with Gasteiger partial charge in [-0.1, -0.05) is 43.2 Å². The van der Waals surface area contributed by atoms with Gasteiger partial charge in [-0.25, -0.2) is 4.98 Å². The van der Waals surface area contributed by atoms with Crippen molar-refractivity contribution in [2.75, 3.05) is 0 Å². The lowest BCUT2D eigenvalue weighted by atomic mass is 10.2. The highest BCUT2D eigenvalue weighted by Gasteiger charge is 2.21. The van der Waals surface area contributed by atoms with Gasteiger partial charge in [0.15, 0.2) is 5.82 Å². The summed E-state index contributed by atoms with van der Waals surface area (Å²) in [4.78, 5) is 4.59. The van der Waals surface area contributed by atoms with Crippen LogP contribution >= 0.6 is 11.5 Å². The van der Waals surface area contributed by atoms with E-state index in [0.717, 1.165) is 23.7 Å². The van der Waals surface area contributed by atoms with E-state index in [1.807, 2.05) is 18.2 Å². The molecule has 0 amide bonds. The lowest BCUT2D eigenvalue weighted by Gasteiger charge is -1.93. The van der Waals surface area contributed by atoms with Crippen LogP contribution in [0.3, 0.4) is 0 Å². The van der Waals surface area contributed by atoms with Crippen LogP contribution < -0.4 is 0 Å². The van der Waals surface area contributed by atoms with Crippen molar-refractivity contribution in [3.05, 3.63) is 35.3 Å². The van der Waals surface area contributed by atoms with E-state index < -0.39 is 0 Å². The number of hydrogen-bond acceptors (Lipinski definition) is 3. The van der Waals surface area contributed by atoms with E-state index in [9.17, 15) is 0 Å². The molecule has 2 aromatic rings. The summed E-state index contributed by atoms with van der Waals surface area (Å²) in [6, 6.07) is 10.2. The molecule has 0 N–H and O–H groups in total. The van der Waals surface area contributed by atoms with Crippen LogP contribution in [0, 0.1) is 5.92 Å². The summed E-state index contributed by atoms with van der Waals surface area (Å²) in [5, 5.41) is 1.19. The third-order valence-electron chi connectivity index (χ3n) is 2.96. The molecule has 0 bridgehead atoms. The maximum Gasteiger partial charge on any atom is 0.173 e. The van der Waals surface area contributed by atoms with E-state index in [2.05, 4.69) is 21.5 Å². The van der Waals surface area contributed by atoms with Gasteiger partial charge >= 0.3 is 0 Å². The minimum Gasteiger partial charge on any atom is -0.220 e. The van der Waals surface area contributed by atoms with Gasteiger partial charge in [-0.3, -0.25) is 0 Å². The molecular formula is C13H14N2S. The SMILES string of the molecule is c1ccc(-c2nsc(CCC3CC3)n2)cc1. The first-order valence-electron chi connectivity index (χ1n) is 5.80. The second-order valence-electron chi connectivity index (χ2n) is 4.36. The molecule has 1 aliphatic carbocycles. The first kappa shape index (κ1) is 9.97. The van der Waals surface area contributed by atoms with Gasteiger partial charge in [-0.15, -0.1) is 0 Å². The highest BCUT2D eigenvalue weighted by molar-refractivity contribution is 7.05. The van der Waals surface area contributed by atoms with E-state index in [4.69, 9.17) is 0 Å². The number of nitrogens with zero attached hydrogens (tertiary/aromatic N) is 2. The Hall–Kier alpha value is -1.22. The quantitative estimate of drug-likeness (QED) is 0.802. The lowest BCUT2D eigenvalue weighted by molar-refractivity contribution is 0.724. The summed E-state index contributed by atoms with van der Waals surface area (Å²) < 4.78 is 4.42.